The molecule has 0 spiro atoms. The lowest BCUT2D eigenvalue weighted by Gasteiger charge is -2.34. The van der Waals surface area contributed by atoms with Crippen LogP contribution in [0.25, 0.3) is 0 Å². The number of piperidine rings is 1. The lowest BCUT2D eigenvalue weighted by molar-refractivity contribution is 0.0439. The van der Waals surface area contributed by atoms with Gasteiger partial charge in [-0.2, -0.15) is 4.98 Å². The molecule has 1 unspecified atom stereocenters. The summed E-state index contributed by atoms with van der Waals surface area (Å²) in [7, 11) is 0. The van der Waals surface area contributed by atoms with Crippen LogP contribution in [-0.2, 0) is 4.74 Å². The van der Waals surface area contributed by atoms with Gasteiger partial charge in [0.25, 0.3) is 0 Å². The first kappa shape index (κ1) is 14.5. The standard InChI is InChI=1S/C12H20BrN5O/c1-2-6-19-9-4-3-5-18(8-9)11-10(13)7-15-12(16-11)17-14/h7,9H,2-6,8,14H2,1H3,(H,15,16,17). The van der Waals surface area contributed by atoms with Crippen LogP contribution in [0.15, 0.2) is 10.7 Å². The highest BCUT2D eigenvalue weighted by Gasteiger charge is 2.23. The van der Waals surface area contributed by atoms with Crippen molar-refractivity contribution in [2.24, 2.45) is 5.84 Å². The number of aromatic nitrogens is 2. The van der Waals surface area contributed by atoms with Gasteiger partial charge in [-0.1, -0.05) is 6.92 Å². The van der Waals surface area contributed by atoms with E-state index in [2.05, 4.69) is 43.1 Å². The first-order valence-electron chi connectivity index (χ1n) is 6.60. The molecule has 1 saturated heterocycles. The molecular formula is C12H20BrN5O. The van der Waals surface area contributed by atoms with E-state index in [4.69, 9.17) is 10.6 Å². The Morgan fingerprint density at radius 1 is 1.63 bits per heavy atom. The second kappa shape index (κ2) is 7.02. The number of nitrogen functional groups attached to an aromatic ring is 1. The molecule has 7 heteroatoms. The van der Waals surface area contributed by atoms with Crippen molar-refractivity contribution >= 4 is 27.7 Å². The normalized spacial score (nSPS) is 19.5. The number of halogens is 1. The minimum atomic E-state index is 0.282. The molecule has 0 amide bonds. The SMILES string of the molecule is CCCOC1CCCN(c2nc(NN)ncc2Br)C1. The van der Waals surface area contributed by atoms with Crippen LogP contribution >= 0.6 is 15.9 Å². The summed E-state index contributed by atoms with van der Waals surface area (Å²) in [6, 6.07) is 0. The molecule has 106 valence electrons. The number of anilines is 2. The Labute approximate surface area is 121 Å². The highest BCUT2D eigenvalue weighted by Crippen LogP contribution is 2.27. The van der Waals surface area contributed by atoms with Crippen molar-refractivity contribution in [3.63, 3.8) is 0 Å². The van der Waals surface area contributed by atoms with Gasteiger partial charge in [0, 0.05) is 25.9 Å². The van der Waals surface area contributed by atoms with Gasteiger partial charge in [-0.05, 0) is 35.2 Å². The van der Waals surface area contributed by atoms with Crippen molar-refractivity contribution in [3.05, 3.63) is 10.7 Å². The van der Waals surface area contributed by atoms with Gasteiger partial charge in [0.15, 0.2) is 0 Å². The van der Waals surface area contributed by atoms with E-state index >= 15 is 0 Å². The largest absolute Gasteiger partial charge is 0.376 e. The van der Waals surface area contributed by atoms with Crippen molar-refractivity contribution in [2.45, 2.75) is 32.3 Å². The van der Waals surface area contributed by atoms with Crippen molar-refractivity contribution < 1.29 is 4.74 Å². The molecule has 1 atom stereocenters. The number of hydrogen-bond donors (Lipinski definition) is 2. The zero-order chi connectivity index (χ0) is 13.7. The molecule has 0 saturated carbocycles. The number of hydrogen-bond acceptors (Lipinski definition) is 6. The second-order valence-electron chi connectivity index (χ2n) is 4.59. The first-order valence-corrected chi connectivity index (χ1v) is 7.39. The Hall–Kier alpha value is -0.920. The molecule has 0 aliphatic carbocycles. The van der Waals surface area contributed by atoms with Crippen LogP contribution in [0.4, 0.5) is 11.8 Å². The van der Waals surface area contributed by atoms with Gasteiger partial charge in [-0.3, -0.25) is 5.43 Å². The maximum Gasteiger partial charge on any atom is 0.239 e. The third-order valence-corrected chi connectivity index (χ3v) is 3.65. The Morgan fingerprint density at radius 3 is 3.21 bits per heavy atom. The van der Waals surface area contributed by atoms with Crippen LogP contribution in [0.5, 0.6) is 0 Å². The number of nitrogens with one attached hydrogen (secondary N) is 1. The average molecular weight is 330 g/mol. The van der Waals surface area contributed by atoms with Gasteiger partial charge in [-0.15, -0.1) is 0 Å². The maximum absolute atomic E-state index is 5.84. The van der Waals surface area contributed by atoms with E-state index in [0.717, 1.165) is 49.2 Å². The van der Waals surface area contributed by atoms with Crippen LogP contribution < -0.4 is 16.2 Å². The lowest BCUT2D eigenvalue weighted by atomic mass is 10.1. The summed E-state index contributed by atoms with van der Waals surface area (Å²) < 4.78 is 6.72. The molecule has 2 rings (SSSR count). The molecule has 1 fully saturated rings. The van der Waals surface area contributed by atoms with Crippen LogP contribution in [0.3, 0.4) is 0 Å². The number of ether oxygens (including phenoxy) is 1. The molecule has 1 aliphatic rings. The number of rotatable bonds is 5. The van der Waals surface area contributed by atoms with E-state index in [1.165, 1.54) is 0 Å². The zero-order valence-corrected chi connectivity index (χ0v) is 12.7. The minimum absolute atomic E-state index is 0.282. The molecule has 0 bridgehead atoms. The Balaban J connectivity index is 2.08. The van der Waals surface area contributed by atoms with Gasteiger partial charge in [0.2, 0.25) is 5.95 Å². The summed E-state index contributed by atoms with van der Waals surface area (Å²) in [5, 5.41) is 0. The predicted molar refractivity (Wildman–Crippen MR) is 79.0 cm³/mol. The number of nitrogens with zero attached hydrogens (tertiary/aromatic N) is 3. The molecule has 19 heavy (non-hydrogen) atoms. The average Bonchev–Trinajstić information content (AvgIpc) is 2.46. The van der Waals surface area contributed by atoms with Gasteiger partial charge in [0.05, 0.1) is 10.6 Å². The van der Waals surface area contributed by atoms with Gasteiger partial charge >= 0.3 is 0 Å². The summed E-state index contributed by atoms with van der Waals surface area (Å²) in [4.78, 5) is 10.7. The lowest BCUT2D eigenvalue weighted by Crippen LogP contribution is -2.40. The van der Waals surface area contributed by atoms with Crippen LogP contribution in [0.1, 0.15) is 26.2 Å². The third kappa shape index (κ3) is 3.77. The maximum atomic E-state index is 5.84. The molecule has 2 heterocycles. The molecule has 6 nitrogen and oxygen atoms in total. The predicted octanol–water partition coefficient (Wildman–Crippen LogP) is 1.92. The smallest absolute Gasteiger partial charge is 0.239 e. The van der Waals surface area contributed by atoms with Gasteiger partial charge in [0.1, 0.15) is 5.82 Å². The summed E-state index contributed by atoms with van der Waals surface area (Å²) in [5.41, 5.74) is 2.48. The van der Waals surface area contributed by atoms with E-state index in [-0.39, 0.29) is 6.10 Å². The van der Waals surface area contributed by atoms with Crippen molar-refractivity contribution in [3.8, 4) is 0 Å². The molecule has 0 radical (unpaired) electrons. The monoisotopic (exact) mass is 329 g/mol. The zero-order valence-electron chi connectivity index (χ0n) is 11.1. The van der Waals surface area contributed by atoms with Crippen LogP contribution in [0.2, 0.25) is 0 Å². The fourth-order valence-corrected chi connectivity index (χ4v) is 2.64. The van der Waals surface area contributed by atoms with Gasteiger partial charge in [-0.25, -0.2) is 10.8 Å². The topological polar surface area (TPSA) is 76.3 Å². The van der Waals surface area contributed by atoms with Crippen molar-refractivity contribution in [1.29, 1.82) is 0 Å². The number of nitrogens with two attached hydrogens (primary N) is 1. The Kier molecular flexibility index (Phi) is 5.35. The Morgan fingerprint density at radius 2 is 2.47 bits per heavy atom. The Bertz CT molecular complexity index is 417. The fourth-order valence-electron chi connectivity index (χ4n) is 2.20. The first-order chi connectivity index (χ1) is 9.24. The summed E-state index contributed by atoms with van der Waals surface area (Å²) in [6.07, 6.45) is 5.27. The van der Waals surface area contributed by atoms with Crippen molar-refractivity contribution in [2.75, 3.05) is 30.0 Å². The molecule has 3 N–H and O–H groups in total. The molecule has 0 aromatic carbocycles. The van der Waals surface area contributed by atoms with Crippen LogP contribution in [-0.4, -0.2) is 35.8 Å². The highest BCUT2D eigenvalue weighted by atomic mass is 79.9. The molecule has 1 aromatic heterocycles. The van der Waals surface area contributed by atoms with E-state index in [1.54, 1.807) is 6.20 Å². The van der Waals surface area contributed by atoms with E-state index in [1.807, 2.05) is 0 Å². The highest BCUT2D eigenvalue weighted by molar-refractivity contribution is 9.10. The quantitative estimate of drug-likeness (QED) is 0.635. The molecule has 1 aliphatic heterocycles. The molecule has 1 aromatic rings. The minimum Gasteiger partial charge on any atom is -0.376 e. The summed E-state index contributed by atoms with van der Waals surface area (Å²) in [5.74, 6) is 6.65. The van der Waals surface area contributed by atoms with Crippen molar-refractivity contribution in [1.82, 2.24) is 9.97 Å². The van der Waals surface area contributed by atoms with E-state index in [0.29, 0.717) is 5.95 Å². The second-order valence-corrected chi connectivity index (χ2v) is 5.44. The fraction of sp³-hybridized carbons (Fsp3) is 0.667. The van der Waals surface area contributed by atoms with E-state index in [9.17, 15) is 0 Å². The van der Waals surface area contributed by atoms with Crippen LogP contribution in [0, 0.1) is 0 Å². The van der Waals surface area contributed by atoms with E-state index < -0.39 is 0 Å². The summed E-state index contributed by atoms with van der Waals surface area (Å²) in [6.45, 7) is 4.78. The third-order valence-electron chi connectivity index (χ3n) is 3.09. The summed E-state index contributed by atoms with van der Waals surface area (Å²) >= 11 is 3.49. The number of hydrazine groups is 1. The van der Waals surface area contributed by atoms with Gasteiger partial charge < -0.3 is 9.64 Å². The molecular weight excluding hydrogens is 310 g/mol.